The van der Waals surface area contributed by atoms with E-state index in [1.807, 2.05) is 13.0 Å². The lowest BCUT2D eigenvalue weighted by Gasteiger charge is -2.08. The molecule has 0 atom stereocenters. The van der Waals surface area contributed by atoms with Crippen molar-refractivity contribution in [1.82, 2.24) is 0 Å². The van der Waals surface area contributed by atoms with Crippen LogP contribution >= 0.6 is 11.6 Å². The molecule has 0 bridgehead atoms. The molecule has 0 aliphatic heterocycles. The molecular weight excluding hydrogens is 228 g/mol. The van der Waals surface area contributed by atoms with Gasteiger partial charge in [-0.3, -0.25) is 0 Å². The summed E-state index contributed by atoms with van der Waals surface area (Å²) in [7, 11) is 1.35. The van der Waals surface area contributed by atoms with Crippen molar-refractivity contribution in [2.24, 2.45) is 0 Å². The summed E-state index contributed by atoms with van der Waals surface area (Å²) in [4.78, 5) is 11.4. The maximum absolute atomic E-state index is 11.4. The van der Waals surface area contributed by atoms with E-state index < -0.39 is 0 Å². The Morgan fingerprint density at radius 1 is 1.38 bits per heavy atom. The highest BCUT2D eigenvalue weighted by Gasteiger charge is 2.09. The average molecular weight is 243 g/mol. The summed E-state index contributed by atoms with van der Waals surface area (Å²) < 4.78 is 10.1. The van der Waals surface area contributed by atoms with Crippen molar-refractivity contribution in [3.8, 4) is 5.75 Å². The van der Waals surface area contributed by atoms with Crippen LogP contribution in [0.5, 0.6) is 5.75 Å². The first-order chi connectivity index (χ1) is 7.71. The van der Waals surface area contributed by atoms with E-state index in [0.29, 0.717) is 23.8 Å². The van der Waals surface area contributed by atoms with Crippen molar-refractivity contribution in [3.63, 3.8) is 0 Å². The Balaban J connectivity index is 2.96. The third-order valence-electron chi connectivity index (χ3n) is 2.01. The van der Waals surface area contributed by atoms with Crippen molar-refractivity contribution < 1.29 is 14.3 Å². The second-order valence-corrected chi connectivity index (χ2v) is 3.61. The third kappa shape index (κ3) is 3.42. The highest BCUT2D eigenvalue weighted by atomic mass is 35.5. The van der Waals surface area contributed by atoms with Gasteiger partial charge in [0, 0.05) is 5.88 Å². The molecule has 16 heavy (non-hydrogen) atoms. The van der Waals surface area contributed by atoms with Gasteiger partial charge in [-0.05, 0) is 30.2 Å². The molecule has 0 N–H and O–H groups in total. The number of benzene rings is 1. The van der Waals surface area contributed by atoms with Gasteiger partial charge in [-0.15, -0.1) is 11.6 Å². The van der Waals surface area contributed by atoms with Crippen LogP contribution in [-0.4, -0.2) is 19.7 Å². The summed E-state index contributed by atoms with van der Waals surface area (Å²) in [6.45, 7) is 2.64. The zero-order valence-electron chi connectivity index (χ0n) is 9.46. The Bertz CT molecular complexity index is 363. The van der Waals surface area contributed by atoms with Crippen LogP contribution in [0.15, 0.2) is 18.2 Å². The fourth-order valence-electron chi connectivity index (χ4n) is 1.28. The van der Waals surface area contributed by atoms with E-state index in [-0.39, 0.29) is 5.97 Å². The van der Waals surface area contributed by atoms with E-state index in [9.17, 15) is 4.79 Å². The first-order valence-corrected chi connectivity index (χ1v) is 5.65. The number of halogens is 1. The summed E-state index contributed by atoms with van der Waals surface area (Å²) in [6.07, 6.45) is 0.915. The Morgan fingerprint density at radius 2 is 2.12 bits per heavy atom. The molecule has 0 spiro atoms. The molecule has 0 amide bonds. The minimum absolute atomic E-state index is 0.341. The van der Waals surface area contributed by atoms with E-state index in [0.717, 1.165) is 12.0 Å². The molecule has 0 heterocycles. The molecule has 1 rings (SSSR count). The Morgan fingerprint density at radius 3 is 2.69 bits per heavy atom. The van der Waals surface area contributed by atoms with E-state index in [1.54, 1.807) is 12.1 Å². The molecule has 0 aliphatic rings. The third-order valence-corrected chi connectivity index (χ3v) is 2.32. The summed E-state index contributed by atoms with van der Waals surface area (Å²) in [5.41, 5.74) is 1.31. The molecule has 0 aromatic heterocycles. The molecule has 0 saturated carbocycles. The maximum Gasteiger partial charge on any atom is 0.337 e. The average Bonchev–Trinajstić information content (AvgIpc) is 2.34. The van der Waals surface area contributed by atoms with Gasteiger partial charge in [0.15, 0.2) is 0 Å². The van der Waals surface area contributed by atoms with Crippen LogP contribution in [0, 0.1) is 0 Å². The lowest BCUT2D eigenvalue weighted by atomic mass is 10.1. The van der Waals surface area contributed by atoms with Crippen molar-refractivity contribution in [1.29, 1.82) is 0 Å². The monoisotopic (exact) mass is 242 g/mol. The zero-order chi connectivity index (χ0) is 12.0. The van der Waals surface area contributed by atoms with Crippen molar-refractivity contribution in [2.75, 3.05) is 13.7 Å². The topological polar surface area (TPSA) is 35.5 Å². The SMILES string of the molecule is CCCOc1cc(CCl)cc(C(=O)OC)c1. The van der Waals surface area contributed by atoms with E-state index in [1.165, 1.54) is 7.11 Å². The molecule has 0 unspecified atom stereocenters. The molecule has 0 saturated heterocycles. The fourth-order valence-corrected chi connectivity index (χ4v) is 1.43. The minimum Gasteiger partial charge on any atom is -0.494 e. The van der Waals surface area contributed by atoms with Crippen LogP contribution < -0.4 is 4.74 Å². The first-order valence-electron chi connectivity index (χ1n) is 5.12. The van der Waals surface area contributed by atoms with Gasteiger partial charge in [0.1, 0.15) is 5.75 Å². The van der Waals surface area contributed by atoms with Gasteiger partial charge in [-0.2, -0.15) is 0 Å². The Labute approximate surface area is 100 Å². The van der Waals surface area contributed by atoms with Crippen LogP contribution in [0.2, 0.25) is 0 Å². The molecule has 88 valence electrons. The Kier molecular flexibility index (Phi) is 5.12. The van der Waals surface area contributed by atoms with Crippen LogP contribution in [0.4, 0.5) is 0 Å². The van der Waals surface area contributed by atoms with E-state index >= 15 is 0 Å². The van der Waals surface area contributed by atoms with Gasteiger partial charge in [0.05, 0.1) is 19.3 Å². The van der Waals surface area contributed by atoms with Gasteiger partial charge in [-0.25, -0.2) is 4.79 Å². The standard InChI is InChI=1S/C12H15ClO3/c1-3-4-16-11-6-9(8-13)5-10(7-11)12(14)15-2/h5-7H,3-4,8H2,1-2H3. The molecule has 0 radical (unpaired) electrons. The second kappa shape index (κ2) is 6.38. The molecule has 1 aromatic rings. The maximum atomic E-state index is 11.4. The van der Waals surface area contributed by atoms with Crippen molar-refractivity contribution in [2.45, 2.75) is 19.2 Å². The molecular formula is C12H15ClO3. The summed E-state index contributed by atoms with van der Waals surface area (Å²) in [5.74, 6) is 0.613. The van der Waals surface area contributed by atoms with Gasteiger partial charge in [0.2, 0.25) is 0 Å². The normalized spacial score (nSPS) is 9.94. The molecule has 0 aliphatic carbocycles. The van der Waals surface area contributed by atoms with Crippen LogP contribution in [0.25, 0.3) is 0 Å². The molecule has 1 aromatic carbocycles. The van der Waals surface area contributed by atoms with Crippen molar-refractivity contribution >= 4 is 17.6 Å². The molecule has 4 heteroatoms. The van der Waals surface area contributed by atoms with Crippen LogP contribution in [-0.2, 0) is 10.6 Å². The smallest absolute Gasteiger partial charge is 0.337 e. The zero-order valence-corrected chi connectivity index (χ0v) is 10.2. The molecule has 3 nitrogen and oxygen atoms in total. The van der Waals surface area contributed by atoms with Gasteiger partial charge in [-0.1, -0.05) is 6.92 Å². The van der Waals surface area contributed by atoms with Crippen LogP contribution in [0.3, 0.4) is 0 Å². The quantitative estimate of drug-likeness (QED) is 0.588. The van der Waals surface area contributed by atoms with Crippen molar-refractivity contribution in [3.05, 3.63) is 29.3 Å². The second-order valence-electron chi connectivity index (χ2n) is 3.34. The number of alkyl halides is 1. The number of esters is 1. The highest BCUT2D eigenvalue weighted by molar-refractivity contribution is 6.17. The molecule has 0 fully saturated rings. The number of ether oxygens (including phenoxy) is 2. The predicted octanol–water partition coefficient (Wildman–Crippen LogP) is 3.00. The Hall–Kier alpha value is -1.22. The lowest BCUT2D eigenvalue weighted by Crippen LogP contribution is -2.03. The van der Waals surface area contributed by atoms with Crippen LogP contribution in [0.1, 0.15) is 29.3 Å². The first kappa shape index (κ1) is 12.8. The lowest BCUT2D eigenvalue weighted by molar-refractivity contribution is 0.0600. The highest BCUT2D eigenvalue weighted by Crippen LogP contribution is 2.19. The van der Waals surface area contributed by atoms with E-state index in [4.69, 9.17) is 16.3 Å². The summed E-state index contributed by atoms with van der Waals surface area (Å²) in [5, 5.41) is 0. The predicted molar refractivity (Wildman–Crippen MR) is 63.1 cm³/mol. The number of carbonyl (C=O) groups is 1. The number of hydrogen-bond donors (Lipinski definition) is 0. The van der Waals surface area contributed by atoms with E-state index in [2.05, 4.69) is 4.74 Å². The number of rotatable bonds is 5. The minimum atomic E-state index is -0.381. The van der Waals surface area contributed by atoms with Gasteiger partial charge < -0.3 is 9.47 Å². The fraction of sp³-hybridized carbons (Fsp3) is 0.417. The summed E-state index contributed by atoms with van der Waals surface area (Å²) >= 11 is 5.75. The van der Waals surface area contributed by atoms with Gasteiger partial charge >= 0.3 is 5.97 Å². The van der Waals surface area contributed by atoms with Gasteiger partial charge in [0.25, 0.3) is 0 Å². The number of methoxy groups -OCH3 is 1. The number of hydrogen-bond acceptors (Lipinski definition) is 3. The largest absolute Gasteiger partial charge is 0.494 e. The number of carbonyl (C=O) groups excluding carboxylic acids is 1. The summed E-state index contributed by atoms with van der Waals surface area (Å²) in [6, 6.07) is 5.20.